The van der Waals surface area contributed by atoms with Crippen molar-refractivity contribution < 1.29 is 20.1 Å². The van der Waals surface area contributed by atoms with E-state index >= 15 is 0 Å². The van der Waals surface area contributed by atoms with Crippen molar-refractivity contribution >= 4 is 5.97 Å². The molecule has 2 atom stereocenters. The molecule has 0 fully saturated rings. The molecule has 0 spiro atoms. The zero-order valence-electron chi connectivity index (χ0n) is 13.5. The minimum Gasteiger partial charge on any atom is -0.481 e. The van der Waals surface area contributed by atoms with Crippen LogP contribution in [0.25, 0.3) is 0 Å². The van der Waals surface area contributed by atoms with Crippen LogP contribution < -0.4 is 0 Å². The predicted molar refractivity (Wildman–Crippen MR) is 89.7 cm³/mol. The third-order valence-corrected chi connectivity index (χ3v) is 3.23. The van der Waals surface area contributed by atoms with Crippen LogP contribution in [0.2, 0.25) is 0 Å². The van der Waals surface area contributed by atoms with E-state index in [1.165, 1.54) is 0 Å². The number of carbonyl (C=O) groups is 1. The van der Waals surface area contributed by atoms with Crippen molar-refractivity contribution in [1.29, 1.82) is 0 Å². The van der Waals surface area contributed by atoms with E-state index in [1.54, 1.807) is 6.08 Å². The molecule has 0 aliphatic carbocycles. The smallest absolute Gasteiger partial charge is 0.303 e. The summed E-state index contributed by atoms with van der Waals surface area (Å²) in [6.45, 7) is 2.10. The third kappa shape index (κ3) is 13.6. The number of carboxylic acid groups (broad SMARTS) is 1. The first-order valence-electron chi connectivity index (χ1n) is 8.12. The Morgan fingerprint density at radius 1 is 0.955 bits per heavy atom. The molecule has 126 valence electrons. The highest BCUT2D eigenvalue weighted by atomic mass is 16.4. The van der Waals surface area contributed by atoms with Gasteiger partial charge in [-0.25, -0.2) is 0 Å². The molecule has 0 saturated carbocycles. The number of aliphatic hydroxyl groups excluding tert-OH is 2. The topological polar surface area (TPSA) is 77.8 Å². The Hall–Kier alpha value is -1.39. The van der Waals surface area contributed by atoms with E-state index in [2.05, 4.69) is 25.2 Å². The Balaban J connectivity index is 3.71. The van der Waals surface area contributed by atoms with E-state index in [4.69, 9.17) is 5.11 Å². The lowest BCUT2D eigenvalue weighted by atomic mass is 10.0. The molecule has 0 unspecified atom stereocenters. The second-order valence-corrected chi connectivity index (χ2v) is 5.30. The lowest BCUT2D eigenvalue weighted by Crippen LogP contribution is -2.23. The molecular formula is C18H30O4. The van der Waals surface area contributed by atoms with Crippen molar-refractivity contribution in [2.24, 2.45) is 0 Å². The van der Waals surface area contributed by atoms with E-state index < -0.39 is 18.2 Å². The summed E-state index contributed by atoms with van der Waals surface area (Å²) in [4.78, 5) is 10.3. The Kier molecular flexibility index (Phi) is 13.6. The monoisotopic (exact) mass is 310 g/mol. The first-order chi connectivity index (χ1) is 10.6. The zero-order chi connectivity index (χ0) is 16.6. The molecule has 0 aliphatic heterocycles. The summed E-state index contributed by atoms with van der Waals surface area (Å²) in [6.07, 6.45) is 15.6. The number of aliphatic hydroxyl groups is 2. The van der Waals surface area contributed by atoms with Crippen LogP contribution >= 0.6 is 0 Å². The van der Waals surface area contributed by atoms with E-state index in [0.717, 1.165) is 32.1 Å². The largest absolute Gasteiger partial charge is 0.481 e. The van der Waals surface area contributed by atoms with E-state index in [1.807, 2.05) is 12.2 Å². The van der Waals surface area contributed by atoms with Crippen LogP contribution in [0, 0.1) is 0 Å². The standard InChI is InChI=1S/C18H30O4/c1-2-3-4-5-6-7-8-10-13-16(19)17(20)14-11-9-12-15-18(21)22/h3-4,6-7,10,13,16-17,19-20H,2,5,8-9,11-12,14-15H2,1H3,(H,21,22)/b4-3-,7-6-,13-10-/t16-,17-/m0/s1. The molecule has 0 aromatic heterocycles. The summed E-state index contributed by atoms with van der Waals surface area (Å²) >= 11 is 0. The van der Waals surface area contributed by atoms with Gasteiger partial charge in [0.05, 0.1) is 12.2 Å². The molecule has 0 aliphatic rings. The molecule has 3 N–H and O–H groups in total. The number of unbranched alkanes of at least 4 members (excludes halogenated alkanes) is 2. The van der Waals surface area contributed by atoms with Crippen molar-refractivity contribution in [1.82, 2.24) is 0 Å². The van der Waals surface area contributed by atoms with Crippen molar-refractivity contribution in [2.45, 2.75) is 70.5 Å². The molecule has 22 heavy (non-hydrogen) atoms. The Morgan fingerprint density at radius 3 is 2.23 bits per heavy atom. The molecule has 0 aromatic carbocycles. The van der Waals surface area contributed by atoms with Gasteiger partial charge in [0.25, 0.3) is 0 Å². The van der Waals surface area contributed by atoms with Gasteiger partial charge in [-0.1, -0.05) is 56.2 Å². The average Bonchev–Trinajstić information content (AvgIpc) is 2.48. The van der Waals surface area contributed by atoms with Gasteiger partial charge in [0.1, 0.15) is 0 Å². The van der Waals surface area contributed by atoms with Crippen LogP contribution in [0.4, 0.5) is 0 Å². The molecule has 0 amide bonds. The van der Waals surface area contributed by atoms with Crippen LogP contribution in [-0.4, -0.2) is 33.5 Å². The summed E-state index contributed by atoms with van der Waals surface area (Å²) in [5, 5.41) is 28.1. The summed E-state index contributed by atoms with van der Waals surface area (Å²) in [6, 6.07) is 0. The molecule has 4 heteroatoms. The van der Waals surface area contributed by atoms with Crippen molar-refractivity contribution in [2.75, 3.05) is 0 Å². The van der Waals surface area contributed by atoms with Crippen molar-refractivity contribution in [3.05, 3.63) is 36.5 Å². The van der Waals surface area contributed by atoms with Gasteiger partial charge in [-0.3, -0.25) is 4.79 Å². The molecule has 0 bridgehead atoms. The lowest BCUT2D eigenvalue weighted by Gasteiger charge is -2.14. The second kappa shape index (κ2) is 14.5. The summed E-state index contributed by atoms with van der Waals surface area (Å²) in [5.41, 5.74) is 0. The molecular weight excluding hydrogens is 280 g/mol. The van der Waals surface area contributed by atoms with Gasteiger partial charge in [0.2, 0.25) is 0 Å². The fourth-order valence-electron chi connectivity index (χ4n) is 1.94. The molecule has 0 rings (SSSR count). The van der Waals surface area contributed by atoms with Gasteiger partial charge in [-0.2, -0.15) is 0 Å². The van der Waals surface area contributed by atoms with Gasteiger partial charge in [0, 0.05) is 6.42 Å². The van der Waals surface area contributed by atoms with Gasteiger partial charge < -0.3 is 15.3 Å². The minimum atomic E-state index is -0.854. The summed E-state index contributed by atoms with van der Waals surface area (Å²) in [5.74, 6) is -0.790. The molecule has 0 aromatic rings. The van der Waals surface area contributed by atoms with Crippen LogP contribution in [0.3, 0.4) is 0 Å². The maximum absolute atomic E-state index is 10.3. The highest BCUT2D eigenvalue weighted by Crippen LogP contribution is 2.09. The highest BCUT2D eigenvalue weighted by molar-refractivity contribution is 5.66. The summed E-state index contributed by atoms with van der Waals surface area (Å²) < 4.78 is 0. The molecule has 0 saturated heterocycles. The predicted octanol–water partition coefficient (Wildman–Crippen LogP) is 3.60. The first kappa shape index (κ1) is 20.6. The molecule has 0 radical (unpaired) electrons. The maximum atomic E-state index is 10.3. The number of carboxylic acids is 1. The highest BCUT2D eigenvalue weighted by Gasteiger charge is 2.12. The SMILES string of the molecule is CC/C=C\C/C=C\C/C=C\[C@H](O)[C@@H](O)CCCCCC(=O)O. The van der Waals surface area contributed by atoms with Crippen LogP contribution in [-0.2, 0) is 4.79 Å². The van der Waals surface area contributed by atoms with E-state index in [0.29, 0.717) is 12.8 Å². The Morgan fingerprint density at radius 2 is 1.59 bits per heavy atom. The van der Waals surface area contributed by atoms with Gasteiger partial charge in [-0.15, -0.1) is 0 Å². The fraction of sp³-hybridized carbons (Fsp3) is 0.611. The minimum absolute atomic E-state index is 0.165. The number of hydrogen-bond donors (Lipinski definition) is 3. The normalized spacial score (nSPS) is 15.0. The molecule has 0 heterocycles. The second-order valence-electron chi connectivity index (χ2n) is 5.30. The van der Waals surface area contributed by atoms with Gasteiger partial charge >= 0.3 is 5.97 Å². The van der Waals surface area contributed by atoms with Crippen LogP contribution in [0.5, 0.6) is 0 Å². The van der Waals surface area contributed by atoms with E-state index in [-0.39, 0.29) is 6.42 Å². The zero-order valence-corrected chi connectivity index (χ0v) is 13.5. The van der Waals surface area contributed by atoms with Crippen LogP contribution in [0.15, 0.2) is 36.5 Å². The summed E-state index contributed by atoms with van der Waals surface area (Å²) in [7, 11) is 0. The third-order valence-electron chi connectivity index (χ3n) is 3.23. The number of hydrogen-bond acceptors (Lipinski definition) is 3. The van der Waals surface area contributed by atoms with Gasteiger partial charge in [-0.05, 0) is 32.1 Å². The van der Waals surface area contributed by atoms with Crippen molar-refractivity contribution in [3.8, 4) is 0 Å². The molecule has 4 nitrogen and oxygen atoms in total. The van der Waals surface area contributed by atoms with E-state index in [9.17, 15) is 15.0 Å². The average molecular weight is 310 g/mol. The lowest BCUT2D eigenvalue weighted by molar-refractivity contribution is -0.137. The van der Waals surface area contributed by atoms with Gasteiger partial charge in [0.15, 0.2) is 0 Å². The quantitative estimate of drug-likeness (QED) is 0.359. The Labute approximate surface area is 133 Å². The van der Waals surface area contributed by atoms with Crippen LogP contribution in [0.1, 0.15) is 58.3 Å². The number of aliphatic carboxylic acids is 1. The first-order valence-corrected chi connectivity index (χ1v) is 8.12. The fourth-order valence-corrected chi connectivity index (χ4v) is 1.94. The van der Waals surface area contributed by atoms with Crippen molar-refractivity contribution in [3.63, 3.8) is 0 Å². The number of allylic oxidation sites excluding steroid dienone is 5. The maximum Gasteiger partial charge on any atom is 0.303 e. The number of rotatable bonds is 13. The Bertz CT molecular complexity index is 358.